The minimum Gasteiger partial charge on any atom is -0.341 e. The van der Waals surface area contributed by atoms with E-state index < -0.39 is 0 Å². The molecule has 10 rings (SSSR count). The fraction of sp³-hybridized carbons (Fsp3) is 0.0526. The van der Waals surface area contributed by atoms with E-state index in [2.05, 4.69) is 142 Å². The van der Waals surface area contributed by atoms with Crippen LogP contribution in [0.2, 0.25) is 0 Å². The molecule has 0 aliphatic rings. The first-order valence-corrected chi connectivity index (χ1v) is 14.4. The average Bonchev–Trinajstić information content (AvgIpc) is 3.65. The highest BCUT2D eigenvalue weighted by Crippen LogP contribution is 2.42. The molecule has 0 fully saturated rings. The summed E-state index contributed by atoms with van der Waals surface area (Å²) in [5, 5.41) is 10.3. The summed E-state index contributed by atoms with van der Waals surface area (Å²) in [6.07, 6.45) is 0. The lowest BCUT2D eigenvalue weighted by molar-refractivity contribution is 0.827. The van der Waals surface area contributed by atoms with Crippen LogP contribution in [-0.4, -0.2) is 13.4 Å². The first-order valence-electron chi connectivity index (χ1n) is 14.4. The first kappa shape index (κ1) is 21.5. The van der Waals surface area contributed by atoms with Crippen LogP contribution in [-0.2, 0) is 6.54 Å². The summed E-state index contributed by atoms with van der Waals surface area (Å²) in [5.74, 6) is 0. The zero-order valence-electron chi connectivity index (χ0n) is 22.6. The largest absolute Gasteiger partial charge is 0.341 e. The Morgan fingerprint density at radius 2 is 0.780 bits per heavy atom. The Labute approximate surface area is 235 Å². The normalized spacial score (nSPS) is 12.6. The fourth-order valence-electron chi connectivity index (χ4n) is 7.74. The number of hydrogen-bond donors (Lipinski definition) is 0. The number of aryl methyl sites for hydroxylation is 1. The quantitative estimate of drug-likeness (QED) is 0.203. The summed E-state index contributed by atoms with van der Waals surface area (Å²) in [6, 6.07) is 45.1. The van der Waals surface area contributed by atoms with Crippen LogP contribution in [0.25, 0.3) is 87.2 Å². The van der Waals surface area contributed by atoms with Gasteiger partial charge in [-0.1, -0.05) is 91.0 Å². The van der Waals surface area contributed by atoms with Gasteiger partial charge in [-0.25, -0.2) is 0 Å². The van der Waals surface area contributed by atoms with Gasteiger partial charge in [0.1, 0.15) is 0 Å². The van der Waals surface area contributed by atoms with Crippen LogP contribution in [0.15, 0.2) is 121 Å². The van der Waals surface area contributed by atoms with Crippen LogP contribution in [0.4, 0.5) is 0 Å². The molecule has 0 saturated carbocycles. The predicted molar refractivity (Wildman–Crippen MR) is 175 cm³/mol. The molecule has 4 heterocycles. The van der Waals surface area contributed by atoms with Crippen molar-refractivity contribution in [1.29, 1.82) is 0 Å². The van der Waals surface area contributed by atoms with Crippen molar-refractivity contribution in [3.05, 3.63) is 121 Å². The third-order valence-electron chi connectivity index (χ3n) is 9.35. The summed E-state index contributed by atoms with van der Waals surface area (Å²) in [4.78, 5) is 0. The molecule has 0 radical (unpaired) electrons. The van der Waals surface area contributed by atoms with Crippen LogP contribution < -0.4 is 0 Å². The van der Waals surface area contributed by atoms with Crippen LogP contribution >= 0.6 is 0 Å². The smallest absolute Gasteiger partial charge is 0.0724 e. The van der Waals surface area contributed by atoms with Crippen LogP contribution in [0.1, 0.15) is 6.92 Å². The summed E-state index contributed by atoms with van der Waals surface area (Å²) < 4.78 is 7.53. The Balaban J connectivity index is 1.67. The highest BCUT2D eigenvalue weighted by Gasteiger charge is 2.20. The Kier molecular flexibility index (Phi) is 3.92. The second-order valence-corrected chi connectivity index (χ2v) is 11.2. The number of hydrogen-bond acceptors (Lipinski definition) is 0. The summed E-state index contributed by atoms with van der Waals surface area (Å²) in [7, 11) is 0. The fourth-order valence-corrected chi connectivity index (χ4v) is 7.74. The SMILES string of the molecule is CCn1c2ccccc2c2cc3c(cc21)n1c2ccccc2c2cccc(c4cccc5c6ccccc6n3c54)c21. The standard InChI is InChI=1S/C38H25N3/c1-2-39-31-18-6-3-13-25(31)30-21-35-36(22-34(30)39)41-33-20-8-5-12-24(33)27-15-10-17-29(38(27)41)28-16-9-14-26-23-11-4-7-19-32(23)40(35)37(26)28/h3-22H,2H2,1H3. The van der Waals surface area contributed by atoms with Gasteiger partial charge in [0.2, 0.25) is 0 Å². The number of para-hydroxylation sites is 5. The predicted octanol–water partition coefficient (Wildman–Crippen LogP) is 10.1. The summed E-state index contributed by atoms with van der Waals surface area (Å²) >= 11 is 0. The van der Waals surface area contributed by atoms with Gasteiger partial charge in [-0.3, -0.25) is 0 Å². The molecule has 0 N–H and O–H groups in total. The molecule has 192 valence electrons. The minimum atomic E-state index is 0.917. The maximum atomic E-state index is 2.53. The van der Waals surface area contributed by atoms with Crippen molar-refractivity contribution >= 4 is 87.2 Å². The zero-order valence-corrected chi connectivity index (χ0v) is 22.6. The first-order chi connectivity index (χ1) is 20.3. The summed E-state index contributed by atoms with van der Waals surface area (Å²) in [5.41, 5.74) is 10.0. The molecule has 6 aromatic carbocycles. The van der Waals surface area contributed by atoms with Gasteiger partial charge in [-0.15, -0.1) is 0 Å². The van der Waals surface area contributed by atoms with Gasteiger partial charge >= 0.3 is 0 Å². The lowest BCUT2D eigenvalue weighted by Crippen LogP contribution is -1.97. The van der Waals surface area contributed by atoms with E-state index in [1.165, 1.54) is 87.2 Å². The van der Waals surface area contributed by atoms with Crippen molar-refractivity contribution in [3.63, 3.8) is 0 Å². The highest BCUT2D eigenvalue weighted by atomic mass is 15.0. The maximum Gasteiger partial charge on any atom is 0.0724 e. The molecule has 0 amide bonds. The molecule has 41 heavy (non-hydrogen) atoms. The maximum absolute atomic E-state index is 2.53. The lowest BCUT2D eigenvalue weighted by Gasteiger charge is -2.12. The van der Waals surface area contributed by atoms with Crippen molar-refractivity contribution in [3.8, 4) is 0 Å². The van der Waals surface area contributed by atoms with Crippen molar-refractivity contribution in [1.82, 2.24) is 13.4 Å². The molecule has 0 unspecified atom stereocenters. The Hall–Kier alpha value is -5.28. The molecule has 10 aromatic rings. The number of benzene rings is 6. The lowest BCUT2D eigenvalue weighted by atomic mass is 10.0. The molecule has 3 heteroatoms. The molecular weight excluding hydrogens is 498 g/mol. The highest BCUT2D eigenvalue weighted by molar-refractivity contribution is 6.26. The number of rotatable bonds is 1. The van der Waals surface area contributed by atoms with E-state index in [4.69, 9.17) is 0 Å². The molecule has 0 aliphatic heterocycles. The second kappa shape index (κ2) is 7.47. The van der Waals surface area contributed by atoms with E-state index >= 15 is 0 Å². The molecule has 4 aromatic heterocycles. The second-order valence-electron chi connectivity index (χ2n) is 11.2. The minimum absolute atomic E-state index is 0.917. The Bertz CT molecular complexity index is 2730. The van der Waals surface area contributed by atoms with E-state index in [0.717, 1.165) is 6.54 Å². The molecule has 0 bridgehead atoms. The third kappa shape index (κ3) is 2.51. The number of fused-ring (bicyclic) bond motifs is 13. The monoisotopic (exact) mass is 523 g/mol. The topological polar surface area (TPSA) is 13.8 Å². The van der Waals surface area contributed by atoms with E-state index in [9.17, 15) is 0 Å². The van der Waals surface area contributed by atoms with Crippen LogP contribution in [0, 0.1) is 0 Å². The Morgan fingerprint density at radius 1 is 0.366 bits per heavy atom. The van der Waals surface area contributed by atoms with E-state index in [1.54, 1.807) is 0 Å². The van der Waals surface area contributed by atoms with E-state index in [0.29, 0.717) is 0 Å². The van der Waals surface area contributed by atoms with Gasteiger partial charge in [0.25, 0.3) is 0 Å². The Morgan fingerprint density at radius 3 is 1.32 bits per heavy atom. The van der Waals surface area contributed by atoms with Gasteiger partial charge in [-0.05, 0) is 37.3 Å². The van der Waals surface area contributed by atoms with Crippen molar-refractivity contribution in [2.45, 2.75) is 13.5 Å². The van der Waals surface area contributed by atoms with Gasteiger partial charge in [0.15, 0.2) is 0 Å². The third-order valence-corrected chi connectivity index (χ3v) is 9.35. The number of aromatic nitrogens is 3. The van der Waals surface area contributed by atoms with Crippen molar-refractivity contribution in [2.75, 3.05) is 0 Å². The molecule has 0 atom stereocenters. The van der Waals surface area contributed by atoms with Crippen LogP contribution in [0.5, 0.6) is 0 Å². The van der Waals surface area contributed by atoms with Gasteiger partial charge in [0.05, 0.1) is 38.6 Å². The van der Waals surface area contributed by atoms with Gasteiger partial charge in [-0.2, -0.15) is 0 Å². The number of nitrogens with zero attached hydrogens (tertiary/aromatic N) is 3. The molecule has 0 aliphatic carbocycles. The molecular formula is C38H25N3. The van der Waals surface area contributed by atoms with E-state index in [1.807, 2.05) is 0 Å². The molecule has 3 nitrogen and oxygen atoms in total. The summed E-state index contributed by atoms with van der Waals surface area (Å²) in [6.45, 7) is 3.17. The average molecular weight is 524 g/mol. The molecule has 0 saturated heterocycles. The molecule has 0 spiro atoms. The van der Waals surface area contributed by atoms with Crippen molar-refractivity contribution in [2.24, 2.45) is 0 Å². The van der Waals surface area contributed by atoms with Crippen molar-refractivity contribution < 1.29 is 0 Å². The van der Waals surface area contributed by atoms with E-state index in [-0.39, 0.29) is 0 Å². The zero-order chi connectivity index (χ0) is 26.8. The van der Waals surface area contributed by atoms with Crippen LogP contribution in [0.3, 0.4) is 0 Å². The van der Waals surface area contributed by atoms with Gasteiger partial charge in [0, 0.05) is 55.2 Å². The van der Waals surface area contributed by atoms with Gasteiger partial charge < -0.3 is 13.4 Å².